The van der Waals surface area contributed by atoms with Gasteiger partial charge in [-0.2, -0.15) is 0 Å². The predicted molar refractivity (Wildman–Crippen MR) is 91.1 cm³/mol. The van der Waals surface area contributed by atoms with Crippen molar-refractivity contribution in [2.75, 3.05) is 6.54 Å². The molecule has 2 rings (SSSR count). The van der Waals surface area contributed by atoms with E-state index in [4.69, 9.17) is 4.74 Å². The summed E-state index contributed by atoms with van der Waals surface area (Å²) in [6.07, 6.45) is 5.09. The molecule has 1 aliphatic heterocycles. The number of piperidine rings is 1. The number of amides is 1. The van der Waals surface area contributed by atoms with Gasteiger partial charge in [-0.05, 0) is 37.3 Å². The Labute approximate surface area is 138 Å². The predicted octanol–water partition coefficient (Wildman–Crippen LogP) is 4.67. The second kappa shape index (κ2) is 8.61. The van der Waals surface area contributed by atoms with Gasteiger partial charge in [0.1, 0.15) is 6.61 Å². The summed E-state index contributed by atoms with van der Waals surface area (Å²) in [7, 11) is 0. The number of nitrogens with zero attached hydrogens (tertiary/aromatic N) is 1. The van der Waals surface area contributed by atoms with Gasteiger partial charge in [-0.3, -0.25) is 0 Å². The van der Waals surface area contributed by atoms with Crippen molar-refractivity contribution in [2.45, 2.75) is 52.2 Å². The highest BCUT2D eigenvalue weighted by molar-refractivity contribution is 5.68. The Morgan fingerprint density at radius 1 is 1.30 bits per heavy atom. The second-order valence-electron chi connectivity index (χ2n) is 6.07. The van der Waals surface area contributed by atoms with Gasteiger partial charge >= 0.3 is 6.09 Å². The van der Waals surface area contributed by atoms with Gasteiger partial charge in [0.15, 0.2) is 0 Å². The lowest BCUT2D eigenvalue weighted by atomic mass is 9.90. The summed E-state index contributed by atoms with van der Waals surface area (Å²) in [5.74, 6) is 0.435. The third kappa shape index (κ3) is 4.75. The lowest BCUT2D eigenvalue weighted by Gasteiger charge is -2.38. The first-order valence-corrected chi connectivity index (χ1v) is 8.52. The van der Waals surface area contributed by atoms with Gasteiger partial charge in [0.2, 0.25) is 0 Å². The molecule has 23 heavy (non-hydrogen) atoms. The van der Waals surface area contributed by atoms with Crippen molar-refractivity contribution < 1.29 is 14.6 Å². The zero-order valence-corrected chi connectivity index (χ0v) is 14.1. The molecule has 0 aromatic heterocycles. The molecular formula is C19H27NO3. The molecule has 0 unspecified atom stereocenters. The summed E-state index contributed by atoms with van der Waals surface area (Å²) >= 11 is 0. The molecule has 0 radical (unpaired) electrons. The summed E-state index contributed by atoms with van der Waals surface area (Å²) in [4.78, 5) is 14.3. The highest BCUT2D eigenvalue weighted by Crippen LogP contribution is 2.28. The Hall–Kier alpha value is -1.97. The fourth-order valence-corrected chi connectivity index (χ4v) is 3.09. The van der Waals surface area contributed by atoms with Crippen molar-refractivity contribution in [2.24, 2.45) is 5.92 Å². The van der Waals surface area contributed by atoms with Crippen LogP contribution >= 0.6 is 0 Å². The van der Waals surface area contributed by atoms with Gasteiger partial charge in [0.05, 0.1) is 5.76 Å². The Morgan fingerprint density at radius 3 is 2.70 bits per heavy atom. The molecule has 126 valence electrons. The van der Waals surface area contributed by atoms with Crippen LogP contribution < -0.4 is 0 Å². The summed E-state index contributed by atoms with van der Waals surface area (Å²) < 4.78 is 5.47. The van der Waals surface area contributed by atoms with E-state index in [0.717, 1.165) is 31.2 Å². The second-order valence-corrected chi connectivity index (χ2v) is 6.07. The summed E-state index contributed by atoms with van der Waals surface area (Å²) in [6, 6.07) is 9.89. The molecule has 4 nitrogen and oxygen atoms in total. The Balaban J connectivity index is 1.98. The van der Waals surface area contributed by atoms with Crippen LogP contribution in [0.25, 0.3) is 0 Å². The van der Waals surface area contributed by atoms with E-state index in [9.17, 15) is 9.90 Å². The molecule has 1 heterocycles. The molecule has 1 aromatic carbocycles. The fraction of sp³-hybridized carbons (Fsp3) is 0.526. The molecule has 0 spiro atoms. The van der Waals surface area contributed by atoms with E-state index in [1.165, 1.54) is 0 Å². The summed E-state index contributed by atoms with van der Waals surface area (Å²) in [6.45, 7) is 4.91. The maximum absolute atomic E-state index is 12.5. The number of carbonyl (C=O) groups is 1. The maximum atomic E-state index is 12.5. The van der Waals surface area contributed by atoms with E-state index in [-0.39, 0.29) is 24.7 Å². The van der Waals surface area contributed by atoms with E-state index in [0.29, 0.717) is 12.3 Å². The molecule has 1 aromatic rings. The van der Waals surface area contributed by atoms with Gasteiger partial charge in [-0.1, -0.05) is 44.2 Å². The van der Waals surface area contributed by atoms with Crippen molar-refractivity contribution >= 4 is 6.09 Å². The van der Waals surface area contributed by atoms with E-state index < -0.39 is 0 Å². The highest BCUT2D eigenvalue weighted by atomic mass is 16.6. The zero-order valence-electron chi connectivity index (χ0n) is 14.1. The number of carbonyl (C=O) groups excluding carboxylic acids is 1. The first kappa shape index (κ1) is 17.4. The van der Waals surface area contributed by atoms with Crippen molar-refractivity contribution in [3.05, 3.63) is 47.7 Å². The summed E-state index contributed by atoms with van der Waals surface area (Å²) in [5.41, 5.74) is 0.983. The number of ether oxygens (including phenoxy) is 1. The van der Waals surface area contributed by atoms with E-state index >= 15 is 0 Å². The number of allylic oxidation sites excluding steroid dienone is 1. The Kier molecular flexibility index (Phi) is 6.51. The number of likely N-dealkylation sites (tertiary alicyclic amines) is 1. The number of hydrogen-bond acceptors (Lipinski definition) is 3. The number of benzene rings is 1. The molecule has 1 N–H and O–H groups in total. The minimum absolute atomic E-state index is 0.0297. The number of rotatable bonds is 5. The average molecular weight is 317 g/mol. The molecule has 1 saturated heterocycles. The molecule has 0 aliphatic carbocycles. The average Bonchev–Trinajstić information content (AvgIpc) is 2.60. The first-order chi connectivity index (χ1) is 11.2. The molecule has 0 saturated carbocycles. The van der Waals surface area contributed by atoms with Gasteiger partial charge < -0.3 is 14.7 Å². The van der Waals surface area contributed by atoms with Crippen LogP contribution in [0.4, 0.5) is 4.79 Å². The third-order valence-corrected chi connectivity index (χ3v) is 4.45. The van der Waals surface area contributed by atoms with Gasteiger partial charge in [-0.15, -0.1) is 0 Å². The SMILES string of the molecule is CC/C=C(\O)[C@@H]1CC[C@H](CC)N(C(=O)OCc2ccccc2)C1. The van der Waals surface area contributed by atoms with Crippen LogP contribution in [0.2, 0.25) is 0 Å². The lowest BCUT2D eigenvalue weighted by molar-refractivity contribution is 0.0524. The quantitative estimate of drug-likeness (QED) is 0.803. The fourth-order valence-electron chi connectivity index (χ4n) is 3.09. The minimum atomic E-state index is -0.283. The lowest BCUT2D eigenvalue weighted by Crippen LogP contribution is -2.47. The van der Waals surface area contributed by atoms with Crippen molar-refractivity contribution in [3.8, 4) is 0 Å². The van der Waals surface area contributed by atoms with Crippen LogP contribution in [0.1, 0.15) is 45.1 Å². The summed E-state index contributed by atoms with van der Waals surface area (Å²) in [5, 5.41) is 10.1. The van der Waals surface area contributed by atoms with E-state index in [2.05, 4.69) is 6.92 Å². The van der Waals surface area contributed by atoms with Gasteiger partial charge in [0.25, 0.3) is 0 Å². The number of aliphatic hydroxyl groups excluding tert-OH is 1. The molecule has 1 fully saturated rings. The molecular weight excluding hydrogens is 290 g/mol. The molecule has 4 heteroatoms. The normalized spacial score (nSPS) is 22.0. The van der Waals surface area contributed by atoms with E-state index in [1.54, 1.807) is 4.90 Å². The zero-order chi connectivity index (χ0) is 16.7. The smallest absolute Gasteiger partial charge is 0.410 e. The van der Waals surface area contributed by atoms with Crippen LogP contribution in [-0.2, 0) is 11.3 Å². The standard InChI is InChI=1S/C19H27NO3/c1-3-8-18(21)16-11-12-17(4-2)20(13-16)19(22)23-14-15-9-6-5-7-10-15/h5-10,16-17,21H,3-4,11-14H2,1-2H3/b18-8-/t16-,17+/m1/s1. The minimum Gasteiger partial charge on any atom is -0.512 e. The largest absolute Gasteiger partial charge is 0.512 e. The van der Waals surface area contributed by atoms with Crippen LogP contribution in [0.15, 0.2) is 42.2 Å². The van der Waals surface area contributed by atoms with Crippen LogP contribution in [0, 0.1) is 5.92 Å². The molecule has 1 amide bonds. The highest BCUT2D eigenvalue weighted by Gasteiger charge is 2.33. The first-order valence-electron chi connectivity index (χ1n) is 8.52. The van der Waals surface area contributed by atoms with Crippen molar-refractivity contribution in [1.29, 1.82) is 0 Å². The van der Waals surface area contributed by atoms with Gasteiger partial charge in [-0.25, -0.2) is 4.79 Å². The van der Waals surface area contributed by atoms with Crippen LogP contribution in [-0.4, -0.2) is 28.7 Å². The number of hydrogen-bond donors (Lipinski definition) is 1. The Bertz CT molecular complexity index is 527. The monoisotopic (exact) mass is 317 g/mol. The van der Waals surface area contributed by atoms with Crippen LogP contribution in [0.3, 0.4) is 0 Å². The molecule has 2 atom stereocenters. The topological polar surface area (TPSA) is 49.8 Å². The number of aliphatic hydroxyl groups is 1. The van der Waals surface area contributed by atoms with Gasteiger partial charge in [0, 0.05) is 18.5 Å². The van der Waals surface area contributed by atoms with Crippen molar-refractivity contribution in [1.82, 2.24) is 4.90 Å². The maximum Gasteiger partial charge on any atom is 0.410 e. The Morgan fingerprint density at radius 2 is 2.04 bits per heavy atom. The molecule has 1 aliphatic rings. The van der Waals surface area contributed by atoms with Crippen LogP contribution in [0.5, 0.6) is 0 Å². The van der Waals surface area contributed by atoms with E-state index in [1.807, 2.05) is 43.3 Å². The third-order valence-electron chi connectivity index (χ3n) is 4.45. The molecule has 0 bridgehead atoms. The van der Waals surface area contributed by atoms with Crippen molar-refractivity contribution in [3.63, 3.8) is 0 Å².